The average Bonchev–Trinajstić information content (AvgIpc) is 2.20. The van der Waals surface area contributed by atoms with E-state index in [2.05, 4.69) is 35.8 Å². The van der Waals surface area contributed by atoms with Crippen molar-refractivity contribution in [1.29, 1.82) is 0 Å². The largest absolute Gasteiger partial charge is 0.312 e. The molecule has 0 aliphatic carbocycles. The zero-order chi connectivity index (χ0) is 9.10. The van der Waals surface area contributed by atoms with Gasteiger partial charge < -0.3 is 5.32 Å². The molecule has 0 spiro atoms. The lowest BCUT2D eigenvalue weighted by atomic mass is 9.94. The molecule has 0 unspecified atom stereocenters. The van der Waals surface area contributed by atoms with E-state index in [1.165, 1.54) is 37.3 Å². The van der Waals surface area contributed by atoms with Gasteiger partial charge in [0.25, 0.3) is 0 Å². The van der Waals surface area contributed by atoms with Crippen LogP contribution in [0.3, 0.4) is 0 Å². The standard InChI is InChI=1S/C10H19NS2/c1-8-4-2-5-11-9(8)10-12-6-3-7-13-10/h8-11H,2-7H2,1H3/t8-,9-/m1/s1. The van der Waals surface area contributed by atoms with Gasteiger partial charge in [0.2, 0.25) is 0 Å². The lowest BCUT2D eigenvalue weighted by Crippen LogP contribution is -2.46. The summed E-state index contributed by atoms with van der Waals surface area (Å²) >= 11 is 4.35. The van der Waals surface area contributed by atoms with E-state index >= 15 is 0 Å². The SMILES string of the molecule is C[C@@H]1CCCN[C@H]1C1SCCCS1. The summed E-state index contributed by atoms with van der Waals surface area (Å²) < 4.78 is 0.837. The molecule has 2 aliphatic heterocycles. The molecule has 0 bridgehead atoms. The van der Waals surface area contributed by atoms with Gasteiger partial charge in [0.1, 0.15) is 0 Å². The lowest BCUT2D eigenvalue weighted by Gasteiger charge is -2.37. The van der Waals surface area contributed by atoms with Crippen LogP contribution in [-0.4, -0.2) is 28.7 Å². The van der Waals surface area contributed by atoms with Gasteiger partial charge in [0.15, 0.2) is 0 Å². The summed E-state index contributed by atoms with van der Waals surface area (Å²) in [6.07, 6.45) is 4.21. The van der Waals surface area contributed by atoms with Crippen LogP contribution >= 0.6 is 23.5 Å². The van der Waals surface area contributed by atoms with Gasteiger partial charge in [-0.3, -0.25) is 0 Å². The maximum Gasteiger partial charge on any atom is 0.0657 e. The van der Waals surface area contributed by atoms with Crippen LogP contribution in [0, 0.1) is 5.92 Å². The van der Waals surface area contributed by atoms with E-state index in [1.807, 2.05) is 0 Å². The highest BCUT2D eigenvalue weighted by atomic mass is 32.2. The molecule has 0 aromatic rings. The Morgan fingerprint density at radius 1 is 1.15 bits per heavy atom. The number of thioether (sulfide) groups is 2. The smallest absolute Gasteiger partial charge is 0.0657 e. The van der Waals surface area contributed by atoms with E-state index in [9.17, 15) is 0 Å². The van der Waals surface area contributed by atoms with Crippen LogP contribution < -0.4 is 5.32 Å². The van der Waals surface area contributed by atoms with Crippen LogP contribution in [0.5, 0.6) is 0 Å². The molecule has 3 heteroatoms. The van der Waals surface area contributed by atoms with Gasteiger partial charge in [-0.2, -0.15) is 0 Å². The number of hydrogen-bond acceptors (Lipinski definition) is 3. The van der Waals surface area contributed by atoms with E-state index in [1.54, 1.807) is 0 Å². The van der Waals surface area contributed by atoms with Gasteiger partial charge >= 0.3 is 0 Å². The fourth-order valence-electron chi connectivity index (χ4n) is 2.15. The molecule has 13 heavy (non-hydrogen) atoms. The van der Waals surface area contributed by atoms with E-state index in [-0.39, 0.29) is 0 Å². The molecule has 2 aliphatic rings. The molecule has 2 rings (SSSR count). The summed E-state index contributed by atoms with van der Waals surface area (Å²) in [7, 11) is 0. The Kier molecular flexibility index (Phi) is 3.87. The van der Waals surface area contributed by atoms with Gasteiger partial charge in [-0.05, 0) is 43.2 Å². The Morgan fingerprint density at radius 3 is 2.62 bits per heavy atom. The van der Waals surface area contributed by atoms with E-state index in [0.29, 0.717) is 0 Å². The van der Waals surface area contributed by atoms with Crippen molar-refractivity contribution in [2.45, 2.75) is 36.8 Å². The molecule has 1 nitrogen and oxygen atoms in total. The topological polar surface area (TPSA) is 12.0 Å². The minimum atomic E-state index is 0.782. The van der Waals surface area contributed by atoms with Crippen molar-refractivity contribution in [2.24, 2.45) is 5.92 Å². The van der Waals surface area contributed by atoms with Crippen molar-refractivity contribution in [3.05, 3.63) is 0 Å². The number of hydrogen-bond donors (Lipinski definition) is 1. The van der Waals surface area contributed by atoms with Crippen molar-refractivity contribution in [1.82, 2.24) is 5.32 Å². The minimum absolute atomic E-state index is 0.782. The predicted octanol–water partition coefficient (Wildman–Crippen LogP) is 2.57. The summed E-state index contributed by atoms with van der Waals surface area (Å²) in [6.45, 7) is 3.65. The Bertz CT molecular complexity index is 157. The molecule has 0 saturated carbocycles. The summed E-state index contributed by atoms with van der Waals surface area (Å²) in [6, 6.07) is 0.782. The van der Waals surface area contributed by atoms with Crippen LogP contribution in [0.4, 0.5) is 0 Å². The summed E-state index contributed by atoms with van der Waals surface area (Å²) in [5, 5.41) is 3.70. The highest BCUT2D eigenvalue weighted by Gasteiger charge is 2.30. The molecule has 2 fully saturated rings. The van der Waals surface area contributed by atoms with Gasteiger partial charge in [0, 0.05) is 6.04 Å². The second-order valence-electron chi connectivity index (χ2n) is 4.06. The summed E-state index contributed by atoms with van der Waals surface area (Å²) in [5.41, 5.74) is 0. The molecule has 0 amide bonds. The van der Waals surface area contributed by atoms with Crippen LogP contribution in [0.2, 0.25) is 0 Å². The minimum Gasteiger partial charge on any atom is -0.312 e. The monoisotopic (exact) mass is 217 g/mol. The molecule has 0 aromatic carbocycles. The molecule has 2 atom stereocenters. The molecule has 2 saturated heterocycles. The van der Waals surface area contributed by atoms with Crippen LogP contribution in [0.15, 0.2) is 0 Å². The van der Waals surface area contributed by atoms with Crippen molar-refractivity contribution in [3.63, 3.8) is 0 Å². The molecular formula is C10H19NS2. The highest BCUT2D eigenvalue weighted by molar-refractivity contribution is 8.17. The number of piperidine rings is 1. The van der Waals surface area contributed by atoms with E-state index in [4.69, 9.17) is 0 Å². The van der Waals surface area contributed by atoms with Gasteiger partial charge in [0.05, 0.1) is 4.58 Å². The first-order valence-electron chi connectivity index (χ1n) is 5.34. The fourth-order valence-corrected chi connectivity index (χ4v) is 5.53. The van der Waals surface area contributed by atoms with Crippen LogP contribution in [0.25, 0.3) is 0 Å². The quantitative estimate of drug-likeness (QED) is 0.725. The first-order valence-corrected chi connectivity index (χ1v) is 7.44. The first kappa shape index (κ1) is 10.2. The van der Waals surface area contributed by atoms with Crippen LogP contribution in [-0.2, 0) is 0 Å². The molecular weight excluding hydrogens is 198 g/mol. The molecule has 0 aromatic heterocycles. The summed E-state index contributed by atoms with van der Waals surface area (Å²) in [5.74, 6) is 3.64. The first-order chi connectivity index (χ1) is 6.38. The fraction of sp³-hybridized carbons (Fsp3) is 1.00. The van der Waals surface area contributed by atoms with Crippen molar-refractivity contribution >= 4 is 23.5 Å². The maximum absolute atomic E-state index is 3.70. The lowest BCUT2D eigenvalue weighted by molar-refractivity contribution is 0.315. The maximum atomic E-state index is 3.70. The Hall–Kier alpha value is 0.660. The second kappa shape index (κ2) is 4.94. The van der Waals surface area contributed by atoms with Gasteiger partial charge in [-0.1, -0.05) is 6.92 Å². The molecule has 76 valence electrons. The van der Waals surface area contributed by atoms with Crippen molar-refractivity contribution in [3.8, 4) is 0 Å². The van der Waals surface area contributed by atoms with E-state index < -0.39 is 0 Å². The average molecular weight is 217 g/mol. The number of nitrogens with one attached hydrogen (secondary N) is 1. The zero-order valence-electron chi connectivity index (χ0n) is 8.29. The third kappa shape index (κ3) is 2.57. The van der Waals surface area contributed by atoms with E-state index in [0.717, 1.165) is 16.5 Å². The third-order valence-electron chi connectivity index (χ3n) is 2.98. The van der Waals surface area contributed by atoms with Gasteiger partial charge in [-0.25, -0.2) is 0 Å². The molecule has 2 heterocycles. The van der Waals surface area contributed by atoms with Crippen molar-refractivity contribution in [2.75, 3.05) is 18.1 Å². The van der Waals surface area contributed by atoms with Crippen LogP contribution in [0.1, 0.15) is 26.2 Å². The normalized spacial score (nSPS) is 37.6. The second-order valence-corrected chi connectivity index (χ2v) is 6.86. The molecule has 0 radical (unpaired) electrons. The zero-order valence-corrected chi connectivity index (χ0v) is 9.92. The highest BCUT2D eigenvalue weighted by Crippen LogP contribution is 2.37. The predicted molar refractivity (Wildman–Crippen MR) is 63.5 cm³/mol. The molecule has 1 N–H and O–H groups in total. The Labute approximate surface area is 89.8 Å². The summed E-state index contributed by atoms with van der Waals surface area (Å²) in [4.78, 5) is 0. The Balaban J connectivity index is 1.88. The third-order valence-corrected chi connectivity index (χ3v) is 6.08. The van der Waals surface area contributed by atoms with Crippen molar-refractivity contribution < 1.29 is 0 Å². The number of rotatable bonds is 1. The van der Waals surface area contributed by atoms with Gasteiger partial charge in [-0.15, -0.1) is 23.5 Å². The Morgan fingerprint density at radius 2 is 1.92 bits per heavy atom.